The number of aliphatic hydroxyl groups is 1. The Morgan fingerprint density at radius 2 is 2.50 bits per heavy atom. The normalized spacial score (nSPS) is 16.0. The Labute approximate surface area is 83.9 Å². The van der Waals surface area contributed by atoms with Gasteiger partial charge >= 0.3 is 0 Å². The van der Waals surface area contributed by atoms with E-state index in [1.807, 2.05) is 6.92 Å². The Morgan fingerprint density at radius 1 is 1.83 bits per heavy atom. The molecule has 3 N–H and O–H groups in total. The minimum absolute atomic E-state index is 0.0711. The van der Waals surface area contributed by atoms with Crippen molar-refractivity contribution in [3.8, 4) is 0 Å². The molecule has 1 aromatic rings. The van der Waals surface area contributed by atoms with E-state index in [0.717, 1.165) is 9.35 Å². The van der Waals surface area contributed by atoms with Gasteiger partial charge in [-0.2, -0.15) is 4.37 Å². The van der Waals surface area contributed by atoms with Crippen LogP contribution in [0.15, 0.2) is 10.7 Å². The molecule has 2 atom stereocenters. The van der Waals surface area contributed by atoms with Crippen molar-refractivity contribution in [3.63, 3.8) is 0 Å². The molecule has 0 radical (unpaired) electrons. The number of hydrogen-bond donors (Lipinski definition) is 2. The van der Waals surface area contributed by atoms with Crippen molar-refractivity contribution in [1.29, 1.82) is 0 Å². The number of nitrogens with two attached hydrogens (primary N) is 1. The lowest BCUT2D eigenvalue weighted by molar-refractivity contribution is 0.124. The van der Waals surface area contributed by atoms with Crippen molar-refractivity contribution >= 4 is 27.5 Å². The van der Waals surface area contributed by atoms with Crippen LogP contribution in [0.3, 0.4) is 0 Å². The van der Waals surface area contributed by atoms with Gasteiger partial charge in [0.25, 0.3) is 0 Å². The van der Waals surface area contributed by atoms with Crippen molar-refractivity contribution in [3.05, 3.63) is 15.5 Å². The van der Waals surface area contributed by atoms with E-state index in [9.17, 15) is 5.11 Å². The number of aliphatic hydroxyl groups excluding tert-OH is 1. The molecule has 1 rings (SSSR count). The van der Waals surface area contributed by atoms with E-state index in [1.165, 1.54) is 11.5 Å². The van der Waals surface area contributed by atoms with Gasteiger partial charge in [-0.3, -0.25) is 0 Å². The van der Waals surface area contributed by atoms with Crippen LogP contribution < -0.4 is 5.73 Å². The predicted molar refractivity (Wildman–Crippen MR) is 53.0 cm³/mol. The summed E-state index contributed by atoms with van der Waals surface area (Å²) in [5.74, 6) is 0.0711. The quantitative estimate of drug-likeness (QED) is 0.856. The SMILES string of the molecule is CC(CN)C(O)c1sncc1Br. The molecule has 2 unspecified atom stereocenters. The van der Waals surface area contributed by atoms with Gasteiger partial charge in [0.15, 0.2) is 0 Å². The summed E-state index contributed by atoms with van der Waals surface area (Å²) in [5, 5.41) is 9.72. The van der Waals surface area contributed by atoms with Crippen LogP contribution in [-0.4, -0.2) is 16.0 Å². The highest BCUT2D eigenvalue weighted by molar-refractivity contribution is 9.10. The Bertz CT molecular complexity index is 253. The molecular formula is C7H11BrN2OS. The molecule has 5 heteroatoms. The highest BCUT2D eigenvalue weighted by Crippen LogP contribution is 2.30. The van der Waals surface area contributed by atoms with Crippen LogP contribution in [0.4, 0.5) is 0 Å². The molecule has 0 amide bonds. The number of aromatic nitrogens is 1. The maximum atomic E-state index is 9.72. The van der Waals surface area contributed by atoms with Gasteiger partial charge in [-0.15, -0.1) is 0 Å². The van der Waals surface area contributed by atoms with E-state index in [1.54, 1.807) is 6.20 Å². The summed E-state index contributed by atoms with van der Waals surface area (Å²) in [6.45, 7) is 2.39. The fourth-order valence-electron chi connectivity index (χ4n) is 0.819. The predicted octanol–water partition coefficient (Wildman–Crippen LogP) is 1.53. The van der Waals surface area contributed by atoms with Crippen LogP contribution >= 0.6 is 27.5 Å². The number of halogens is 1. The Morgan fingerprint density at radius 3 is 2.92 bits per heavy atom. The van der Waals surface area contributed by atoms with Gasteiger partial charge in [-0.25, -0.2) is 0 Å². The van der Waals surface area contributed by atoms with E-state index in [-0.39, 0.29) is 5.92 Å². The Hall–Kier alpha value is 0.0300. The fourth-order valence-corrected chi connectivity index (χ4v) is 2.26. The Balaban J connectivity index is 2.77. The lowest BCUT2D eigenvalue weighted by atomic mass is 10.0. The highest BCUT2D eigenvalue weighted by Gasteiger charge is 2.19. The molecule has 0 aromatic carbocycles. The third kappa shape index (κ3) is 2.04. The molecule has 3 nitrogen and oxygen atoms in total. The largest absolute Gasteiger partial charge is 0.387 e. The molecule has 0 spiro atoms. The number of nitrogens with zero attached hydrogens (tertiary/aromatic N) is 1. The summed E-state index contributed by atoms with van der Waals surface area (Å²) < 4.78 is 4.81. The third-order valence-electron chi connectivity index (χ3n) is 1.73. The molecule has 0 saturated carbocycles. The molecule has 1 heterocycles. The second-order valence-electron chi connectivity index (χ2n) is 2.70. The van der Waals surface area contributed by atoms with Crippen LogP contribution in [0.2, 0.25) is 0 Å². The molecule has 0 aliphatic rings. The van der Waals surface area contributed by atoms with Gasteiger partial charge in [0.2, 0.25) is 0 Å². The van der Waals surface area contributed by atoms with E-state index in [2.05, 4.69) is 20.3 Å². The van der Waals surface area contributed by atoms with Gasteiger partial charge in [0.1, 0.15) is 0 Å². The summed E-state index contributed by atoms with van der Waals surface area (Å²) in [4.78, 5) is 0.855. The maximum Gasteiger partial charge on any atom is 0.0946 e. The van der Waals surface area contributed by atoms with Crippen LogP contribution in [-0.2, 0) is 0 Å². The second-order valence-corrected chi connectivity index (χ2v) is 4.38. The van der Waals surface area contributed by atoms with Gasteiger partial charge in [0, 0.05) is 0 Å². The average Bonchev–Trinajstić information content (AvgIpc) is 2.48. The first-order valence-electron chi connectivity index (χ1n) is 3.65. The van der Waals surface area contributed by atoms with Crippen molar-refractivity contribution < 1.29 is 5.11 Å². The molecule has 0 aliphatic heterocycles. The fraction of sp³-hybridized carbons (Fsp3) is 0.571. The lowest BCUT2D eigenvalue weighted by Gasteiger charge is -2.14. The summed E-state index contributed by atoms with van der Waals surface area (Å²) in [6, 6.07) is 0. The van der Waals surface area contributed by atoms with Crippen molar-refractivity contribution in [2.45, 2.75) is 13.0 Å². The van der Waals surface area contributed by atoms with E-state index < -0.39 is 6.10 Å². The standard InChI is InChI=1S/C7H11BrN2OS/c1-4(2-9)6(11)7-5(8)3-10-12-7/h3-4,6,11H,2,9H2,1H3. The van der Waals surface area contributed by atoms with Crippen LogP contribution in [0.5, 0.6) is 0 Å². The van der Waals surface area contributed by atoms with E-state index in [4.69, 9.17) is 5.73 Å². The molecular weight excluding hydrogens is 240 g/mol. The molecule has 0 saturated heterocycles. The molecule has 1 aromatic heterocycles. The van der Waals surface area contributed by atoms with Gasteiger partial charge in [-0.05, 0) is 39.9 Å². The first-order chi connectivity index (χ1) is 5.66. The summed E-state index contributed by atoms with van der Waals surface area (Å²) >= 11 is 4.61. The first-order valence-corrected chi connectivity index (χ1v) is 5.21. The molecule has 0 aliphatic carbocycles. The molecule has 0 fully saturated rings. The number of rotatable bonds is 3. The van der Waals surface area contributed by atoms with Crippen LogP contribution in [0.1, 0.15) is 17.9 Å². The monoisotopic (exact) mass is 250 g/mol. The topological polar surface area (TPSA) is 59.1 Å². The third-order valence-corrected chi connectivity index (χ3v) is 3.50. The summed E-state index contributed by atoms with van der Waals surface area (Å²) in [7, 11) is 0. The van der Waals surface area contributed by atoms with Crippen molar-refractivity contribution in [2.75, 3.05) is 6.54 Å². The smallest absolute Gasteiger partial charge is 0.0946 e. The summed E-state index contributed by atoms with van der Waals surface area (Å²) in [5.41, 5.74) is 5.44. The Kier molecular flexibility index (Phi) is 3.64. The van der Waals surface area contributed by atoms with Gasteiger partial charge in [0.05, 0.1) is 21.7 Å². The van der Waals surface area contributed by atoms with Crippen LogP contribution in [0.25, 0.3) is 0 Å². The zero-order chi connectivity index (χ0) is 9.14. The zero-order valence-corrected chi connectivity index (χ0v) is 9.10. The van der Waals surface area contributed by atoms with E-state index in [0.29, 0.717) is 6.54 Å². The maximum absolute atomic E-state index is 9.72. The molecule has 68 valence electrons. The summed E-state index contributed by atoms with van der Waals surface area (Å²) in [6.07, 6.45) is 1.18. The molecule has 12 heavy (non-hydrogen) atoms. The minimum Gasteiger partial charge on any atom is -0.387 e. The average molecular weight is 251 g/mol. The lowest BCUT2D eigenvalue weighted by Crippen LogP contribution is -2.18. The van der Waals surface area contributed by atoms with Gasteiger partial charge in [-0.1, -0.05) is 6.92 Å². The van der Waals surface area contributed by atoms with Gasteiger partial charge < -0.3 is 10.8 Å². The van der Waals surface area contributed by atoms with Crippen molar-refractivity contribution in [1.82, 2.24) is 4.37 Å². The van der Waals surface area contributed by atoms with Crippen LogP contribution in [0, 0.1) is 5.92 Å². The minimum atomic E-state index is -0.503. The zero-order valence-electron chi connectivity index (χ0n) is 6.70. The highest BCUT2D eigenvalue weighted by atomic mass is 79.9. The number of hydrogen-bond acceptors (Lipinski definition) is 4. The van der Waals surface area contributed by atoms with E-state index >= 15 is 0 Å². The van der Waals surface area contributed by atoms with Crippen molar-refractivity contribution in [2.24, 2.45) is 11.7 Å². The second kappa shape index (κ2) is 4.32. The molecule has 0 bridgehead atoms. The first kappa shape index (κ1) is 10.1.